The first-order valence-electron chi connectivity index (χ1n) is 8.12. The van der Waals surface area contributed by atoms with Crippen molar-refractivity contribution in [2.75, 3.05) is 0 Å². The van der Waals surface area contributed by atoms with Crippen molar-refractivity contribution in [3.8, 4) is 11.3 Å². The predicted octanol–water partition coefficient (Wildman–Crippen LogP) is 3.99. The summed E-state index contributed by atoms with van der Waals surface area (Å²) in [5.41, 5.74) is 1.40. The van der Waals surface area contributed by atoms with E-state index in [2.05, 4.69) is 4.99 Å². The van der Waals surface area contributed by atoms with E-state index in [1.807, 2.05) is 18.2 Å². The summed E-state index contributed by atoms with van der Waals surface area (Å²) in [6.07, 6.45) is 1.46. The largest absolute Gasteiger partial charge is 0.478 e. The number of furan rings is 1. The van der Waals surface area contributed by atoms with E-state index in [9.17, 15) is 14.7 Å². The lowest BCUT2D eigenvalue weighted by Crippen LogP contribution is -2.04. The number of hydrogen-bond donors (Lipinski definition) is 1. The van der Waals surface area contributed by atoms with Crippen molar-refractivity contribution in [3.05, 3.63) is 89.3 Å². The SMILES string of the molecule is O=C1OC(c2ccccc2)=N/C1=C/c1ccc(-c2ccccc2C(=O)O)o1. The molecule has 2 heterocycles. The molecule has 0 saturated carbocycles. The zero-order valence-corrected chi connectivity index (χ0v) is 14.0. The molecule has 27 heavy (non-hydrogen) atoms. The molecule has 0 saturated heterocycles. The first-order chi connectivity index (χ1) is 13.1. The highest BCUT2D eigenvalue weighted by Gasteiger charge is 2.24. The second-order valence-electron chi connectivity index (χ2n) is 5.75. The van der Waals surface area contributed by atoms with Crippen molar-refractivity contribution in [3.63, 3.8) is 0 Å². The lowest BCUT2D eigenvalue weighted by molar-refractivity contribution is -0.129. The van der Waals surface area contributed by atoms with Gasteiger partial charge in [0.2, 0.25) is 5.90 Å². The van der Waals surface area contributed by atoms with Gasteiger partial charge >= 0.3 is 11.9 Å². The molecule has 0 radical (unpaired) electrons. The van der Waals surface area contributed by atoms with Crippen LogP contribution in [0, 0.1) is 0 Å². The molecule has 1 aliphatic heterocycles. The summed E-state index contributed by atoms with van der Waals surface area (Å²) in [6.45, 7) is 0. The summed E-state index contributed by atoms with van der Waals surface area (Å²) in [7, 11) is 0. The number of carboxylic acid groups (broad SMARTS) is 1. The van der Waals surface area contributed by atoms with Crippen LogP contribution in [-0.4, -0.2) is 22.9 Å². The molecule has 0 bridgehead atoms. The Morgan fingerprint density at radius 1 is 0.963 bits per heavy atom. The van der Waals surface area contributed by atoms with Gasteiger partial charge in [0.15, 0.2) is 5.70 Å². The van der Waals surface area contributed by atoms with E-state index in [4.69, 9.17) is 9.15 Å². The van der Waals surface area contributed by atoms with Gasteiger partial charge < -0.3 is 14.3 Å². The lowest BCUT2D eigenvalue weighted by atomic mass is 10.1. The molecule has 0 spiro atoms. The average molecular weight is 359 g/mol. The standard InChI is InChI=1S/C21H13NO5/c23-20(24)16-9-5-4-8-15(16)18-11-10-14(26-18)12-17-21(25)27-19(22-17)13-6-2-1-3-7-13/h1-12H,(H,23,24)/b17-12+. The molecule has 3 aromatic rings. The Morgan fingerprint density at radius 2 is 1.70 bits per heavy atom. The molecule has 132 valence electrons. The van der Waals surface area contributed by atoms with Crippen LogP contribution in [0.25, 0.3) is 17.4 Å². The maximum Gasteiger partial charge on any atom is 0.363 e. The predicted molar refractivity (Wildman–Crippen MR) is 98.2 cm³/mol. The van der Waals surface area contributed by atoms with E-state index < -0.39 is 11.9 Å². The fourth-order valence-electron chi connectivity index (χ4n) is 2.71. The average Bonchev–Trinajstić information content (AvgIpc) is 3.30. The summed E-state index contributed by atoms with van der Waals surface area (Å²) < 4.78 is 10.9. The van der Waals surface area contributed by atoms with Crippen LogP contribution in [-0.2, 0) is 9.53 Å². The highest BCUT2D eigenvalue weighted by molar-refractivity contribution is 6.12. The molecule has 2 aromatic carbocycles. The molecule has 0 atom stereocenters. The fourth-order valence-corrected chi connectivity index (χ4v) is 2.71. The van der Waals surface area contributed by atoms with Gasteiger partial charge in [-0.3, -0.25) is 0 Å². The van der Waals surface area contributed by atoms with Crippen LogP contribution in [0.4, 0.5) is 0 Å². The van der Waals surface area contributed by atoms with Gasteiger partial charge in [0.25, 0.3) is 0 Å². The van der Waals surface area contributed by atoms with E-state index in [0.717, 1.165) is 0 Å². The van der Waals surface area contributed by atoms with Crippen LogP contribution in [0.5, 0.6) is 0 Å². The van der Waals surface area contributed by atoms with Gasteiger partial charge in [0.1, 0.15) is 11.5 Å². The van der Waals surface area contributed by atoms with Gasteiger partial charge in [-0.15, -0.1) is 0 Å². The Kier molecular flexibility index (Phi) is 4.14. The molecule has 4 rings (SSSR count). The van der Waals surface area contributed by atoms with Gasteiger partial charge in [0.05, 0.1) is 5.56 Å². The van der Waals surface area contributed by atoms with E-state index in [0.29, 0.717) is 22.6 Å². The maximum atomic E-state index is 12.1. The van der Waals surface area contributed by atoms with Gasteiger partial charge in [-0.2, -0.15) is 0 Å². The number of carboxylic acids is 1. The zero-order valence-electron chi connectivity index (χ0n) is 14.0. The summed E-state index contributed by atoms with van der Waals surface area (Å²) in [6, 6.07) is 18.9. The molecule has 1 aromatic heterocycles. The number of carbonyl (C=O) groups is 2. The van der Waals surface area contributed by atoms with Crippen LogP contribution in [0.1, 0.15) is 21.7 Å². The molecule has 6 nitrogen and oxygen atoms in total. The van der Waals surface area contributed by atoms with Gasteiger partial charge in [-0.1, -0.05) is 36.4 Å². The molecule has 0 unspecified atom stereocenters. The molecule has 6 heteroatoms. The number of aliphatic imine (C=N–C) groups is 1. The Labute approximate surface area is 154 Å². The highest BCUT2D eigenvalue weighted by atomic mass is 16.6. The lowest BCUT2D eigenvalue weighted by Gasteiger charge is -2.01. The van der Waals surface area contributed by atoms with Crippen LogP contribution >= 0.6 is 0 Å². The number of hydrogen-bond acceptors (Lipinski definition) is 5. The Morgan fingerprint density at radius 3 is 2.48 bits per heavy atom. The summed E-state index contributed by atoms with van der Waals surface area (Å²) >= 11 is 0. The normalized spacial score (nSPS) is 14.9. The van der Waals surface area contributed by atoms with Crippen molar-refractivity contribution in [1.82, 2.24) is 0 Å². The fraction of sp³-hybridized carbons (Fsp3) is 0. The van der Waals surface area contributed by atoms with Crippen molar-refractivity contribution in [2.45, 2.75) is 0 Å². The second kappa shape index (κ2) is 6.76. The molecular formula is C21H13NO5. The monoisotopic (exact) mass is 359 g/mol. The molecule has 1 aliphatic rings. The number of nitrogens with zero attached hydrogens (tertiary/aromatic N) is 1. The van der Waals surface area contributed by atoms with E-state index in [1.165, 1.54) is 12.1 Å². The van der Waals surface area contributed by atoms with Crippen molar-refractivity contribution >= 4 is 23.9 Å². The number of benzene rings is 2. The molecule has 0 fully saturated rings. The smallest absolute Gasteiger partial charge is 0.363 e. The number of cyclic esters (lactones) is 1. The van der Waals surface area contributed by atoms with Gasteiger partial charge in [-0.05, 0) is 30.3 Å². The third-order valence-electron chi connectivity index (χ3n) is 3.97. The topological polar surface area (TPSA) is 89.1 Å². The van der Waals surface area contributed by atoms with Crippen LogP contribution < -0.4 is 0 Å². The highest BCUT2D eigenvalue weighted by Crippen LogP contribution is 2.28. The van der Waals surface area contributed by atoms with E-state index >= 15 is 0 Å². The summed E-state index contributed by atoms with van der Waals surface area (Å²) in [4.78, 5) is 27.6. The van der Waals surface area contributed by atoms with Gasteiger partial charge in [0, 0.05) is 17.2 Å². The van der Waals surface area contributed by atoms with Crippen molar-refractivity contribution in [1.29, 1.82) is 0 Å². The van der Waals surface area contributed by atoms with Gasteiger partial charge in [-0.25, -0.2) is 14.6 Å². The van der Waals surface area contributed by atoms with Crippen LogP contribution in [0.2, 0.25) is 0 Å². The Bertz CT molecular complexity index is 1090. The van der Waals surface area contributed by atoms with Crippen molar-refractivity contribution in [2.24, 2.45) is 4.99 Å². The first-order valence-corrected chi connectivity index (χ1v) is 8.12. The minimum absolute atomic E-state index is 0.112. The van der Waals surface area contributed by atoms with E-state index in [-0.39, 0.29) is 17.2 Å². The molecule has 0 aliphatic carbocycles. The van der Waals surface area contributed by atoms with E-state index in [1.54, 1.807) is 42.5 Å². The molecule has 0 amide bonds. The first kappa shape index (κ1) is 16.5. The van der Waals surface area contributed by atoms with Crippen LogP contribution in [0.3, 0.4) is 0 Å². The zero-order chi connectivity index (χ0) is 18.8. The number of ether oxygens (including phenoxy) is 1. The number of aromatic carboxylic acids is 1. The minimum Gasteiger partial charge on any atom is -0.478 e. The number of rotatable bonds is 4. The Balaban J connectivity index is 1.66. The second-order valence-corrected chi connectivity index (χ2v) is 5.75. The van der Waals surface area contributed by atoms with Crippen LogP contribution in [0.15, 0.2) is 81.8 Å². The summed E-state index contributed by atoms with van der Waals surface area (Å²) in [5, 5.41) is 9.30. The number of esters is 1. The maximum absolute atomic E-state index is 12.1. The number of carbonyl (C=O) groups excluding carboxylic acids is 1. The van der Waals surface area contributed by atoms with Crippen molar-refractivity contribution < 1.29 is 23.8 Å². The Hall–Kier alpha value is -3.93. The third-order valence-corrected chi connectivity index (χ3v) is 3.97. The molecule has 1 N–H and O–H groups in total. The third kappa shape index (κ3) is 3.28. The summed E-state index contributed by atoms with van der Waals surface area (Å²) in [5.74, 6) is -0.625. The molecular weight excluding hydrogens is 346 g/mol. The minimum atomic E-state index is -1.04. The quantitative estimate of drug-likeness (QED) is 0.562.